The lowest BCUT2D eigenvalue weighted by Crippen LogP contribution is -2.19. The Morgan fingerprint density at radius 1 is 0.906 bits per heavy atom. The van der Waals surface area contributed by atoms with Gasteiger partial charge in [0.15, 0.2) is 0 Å². The van der Waals surface area contributed by atoms with Crippen molar-refractivity contribution >= 4 is 29.0 Å². The maximum absolute atomic E-state index is 12.2. The van der Waals surface area contributed by atoms with Gasteiger partial charge < -0.3 is 15.4 Å². The number of halogens is 1. The Kier molecular flexibility index (Phi) is 6.57. The largest absolute Gasteiger partial charge is 0.438 e. The van der Waals surface area contributed by atoms with Gasteiger partial charge in [0.1, 0.15) is 11.6 Å². The molecule has 7 nitrogen and oxygen atoms in total. The highest BCUT2D eigenvalue weighted by atomic mass is 35.5. The fourth-order valence-corrected chi connectivity index (χ4v) is 3.06. The molecule has 0 aliphatic heterocycles. The number of ether oxygens (including phenoxy) is 1. The van der Waals surface area contributed by atoms with Crippen LogP contribution < -0.4 is 15.4 Å². The molecule has 4 aromatic rings. The fourth-order valence-electron chi connectivity index (χ4n) is 2.93. The van der Waals surface area contributed by atoms with E-state index in [4.69, 9.17) is 16.3 Å². The zero-order valence-corrected chi connectivity index (χ0v) is 18.0. The van der Waals surface area contributed by atoms with Crippen LogP contribution in [0.25, 0.3) is 11.3 Å². The van der Waals surface area contributed by atoms with E-state index in [9.17, 15) is 4.79 Å². The molecule has 2 amide bonds. The van der Waals surface area contributed by atoms with Crippen molar-refractivity contribution in [3.05, 3.63) is 90.0 Å². The first-order valence-electron chi connectivity index (χ1n) is 9.99. The second-order valence-corrected chi connectivity index (χ2v) is 7.22. The highest BCUT2D eigenvalue weighted by Crippen LogP contribution is 2.30. The van der Waals surface area contributed by atoms with Gasteiger partial charge in [-0.2, -0.15) is 0 Å². The molecule has 0 saturated carbocycles. The molecule has 0 aliphatic rings. The Labute approximate surface area is 190 Å². The van der Waals surface area contributed by atoms with Crippen LogP contribution in [0, 0.1) is 0 Å². The number of aryl methyl sites for hydroxylation is 1. The minimum absolute atomic E-state index is 0.358. The van der Waals surface area contributed by atoms with Gasteiger partial charge in [0.2, 0.25) is 5.88 Å². The van der Waals surface area contributed by atoms with Crippen molar-refractivity contribution in [3.63, 3.8) is 0 Å². The van der Waals surface area contributed by atoms with Gasteiger partial charge in [-0.3, -0.25) is 0 Å². The molecule has 0 spiro atoms. The summed E-state index contributed by atoms with van der Waals surface area (Å²) in [5.41, 5.74) is 2.78. The Bertz CT molecular complexity index is 1210. The second-order valence-electron chi connectivity index (χ2n) is 6.78. The molecule has 32 heavy (non-hydrogen) atoms. The van der Waals surface area contributed by atoms with E-state index < -0.39 is 0 Å². The maximum Gasteiger partial charge on any atom is 0.323 e. The normalized spacial score (nSPS) is 10.4. The van der Waals surface area contributed by atoms with E-state index in [1.165, 1.54) is 0 Å². The minimum atomic E-state index is -0.358. The molecule has 0 fully saturated rings. The lowest BCUT2D eigenvalue weighted by molar-refractivity contribution is 0.262. The average Bonchev–Trinajstić information content (AvgIpc) is 2.82. The van der Waals surface area contributed by atoms with Crippen LogP contribution in [0.3, 0.4) is 0 Å². The lowest BCUT2D eigenvalue weighted by atomic mass is 10.2. The third kappa shape index (κ3) is 5.39. The third-order valence-corrected chi connectivity index (χ3v) is 4.75. The highest BCUT2D eigenvalue weighted by Gasteiger charge is 2.11. The number of urea groups is 1. The van der Waals surface area contributed by atoms with Gasteiger partial charge in [0, 0.05) is 35.2 Å². The van der Waals surface area contributed by atoms with Crippen LogP contribution in [0.5, 0.6) is 11.6 Å². The first kappa shape index (κ1) is 21.3. The Morgan fingerprint density at radius 3 is 2.28 bits per heavy atom. The van der Waals surface area contributed by atoms with E-state index in [1.54, 1.807) is 60.9 Å². The predicted molar refractivity (Wildman–Crippen MR) is 125 cm³/mol. The number of nitrogens with zero attached hydrogens (tertiary/aromatic N) is 3. The summed E-state index contributed by atoms with van der Waals surface area (Å²) in [7, 11) is 0. The van der Waals surface area contributed by atoms with Crippen molar-refractivity contribution in [2.75, 3.05) is 10.6 Å². The zero-order valence-electron chi connectivity index (χ0n) is 17.2. The van der Waals surface area contributed by atoms with Crippen LogP contribution in [0.15, 0.2) is 79.1 Å². The smallest absolute Gasteiger partial charge is 0.323 e. The quantitative estimate of drug-likeness (QED) is 0.369. The Hall–Kier alpha value is -3.97. The molecule has 0 radical (unpaired) electrons. The van der Waals surface area contributed by atoms with Crippen LogP contribution in [0.2, 0.25) is 5.02 Å². The molecule has 2 aromatic carbocycles. The van der Waals surface area contributed by atoms with Gasteiger partial charge in [0.05, 0.1) is 11.3 Å². The molecule has 2 heterocycles. The maximum atomic E-state index is 12.2. The third-order valence-electron chi connectivity index (χ3n) is 4.50. The summed E-state index contributed by atoms with van der Waals surface area (Å²) < 4.78 is 5.99. The molecule has 4 rings (SSSR count). The van der Waals surface area contributed by atoms with E-state index in [2.05, 4.69) is 25.6 Å². The zero-order chi connectivity index (χ0) is 22.3. The minimum Gasteiger partial charge on any atom is -0.438 e. The number of nitrogens with one attached hydrogen (secondary N) is 2. The van der Waals surface area contributed by atoms with Gasteiger partial charge in [-0.1, -0.05) is 18.5 Å². The van der Waals surface area contributed by atoms with Crippen molar-refractivity contribution in [2.24, 2.45) is 0 Å². The van der Waals surface area contributed by atoms with Crippen molar-refractivity contribution in [2.45, 2.75) is 13.3 Å². The summed E-state index contributed by atoms with van der Waals surface area (Å²) in [6.45, 7) is 2.01. The standard InChI is InChI=1S/C24H20ClN5O2/c1-2-22-26-15-13-21(30-22)20-4-3-14-27-23(20)32-19-11-9-18(10-12-19)29-24(31)28-17-7-5-16(25)6-8-17/h3-15H,2H2,1H3,(H2,28,29,31). The Morgan fingerprint density at radius 2 is 1.59 bits per heavy atom. The van der Waals surface area contributed by atoms with E-state index >= 15 is 0 Å². The number of hydrogen-bond donors (Lipinski definition) is 2. The average molecular weight is 446 g/mol. The summed E-state index contributed by atoms with van der Waals surface area (Å²) in [4.78, 5) is 25.3. The number of anilines is 2. The molecule has 0 atom stereocenters. The van der Waals surface area contributed by atoms with Gasteiger partial charge in [0.25, 0.3) is 0 Å². The Balaban J connectivity index is 1.44. The van der Waals surface area contributed by atoms with E-state index in [-0.39, 0.29) is 6.03 Å². The van der Waals surface area contributed by atoms with Crippen LogP contribution in [0.4, 0.5) is 16.2 Å². The number of hydrogen-bond acceptors (Lipinski definition) is 5. The van der Waals surface area contributed by atoms with Gasteiger partial charge >= 0.3 is 6.03 Å². The number of amides is 2. The van der Waals surface area contributed by atoms with Crippen LogP contribution in [-0.2, 0) is 6.42 Å². The molecular formula is C24H20ClN5O2. The molecule has 160 valence electrons. The number of aromatic nitrogens is 3. The topological polar surface area (TPSA) is 89.0 Å². The summed E-state index contributed by atoms with van der Waals surface area (Å²) in [6, 6.07) is 19.1. The van der Waals surface area contributed by atoms with Crippen LogP contribution in [-0.4, -0.2) is 21.0 Å². The molecule has 0 saturated heterocycles. The van der Waals surface area contributed by atoms with Crippen LogP contribution in [0.1, 0.15) is 12.7 Å². The molecule has 0 aliphatic carbocycles. The summed E-state index contributed by atoms with van der Waals surface area (Å²) in [5, 5.41) is 6.12. The number of carbonyl (C=O) groups excluding carboxylic acids is 1. The molecule has 0 unspecified atom stereocenters. The van der Waals surface area contributed by atoms with Crippen LogP contribution >= 0.6 is 11.6 Å². The van der Waals surface area contributed by atoms with Crippen molar-refractivity contribution in [3.8, 4) is 22.9 Å². The SMILES string of the molecule is CCc1nccc(-c2cccnc2Oc2ccc(NC(=O)Nc3ccc(Cl)cc3)cc2)n1. The monoisotopic (exact) mass is 445 g/mol. The number of rotatable bonds is 6. The molecule has 8 heteroatoms. The molecular weight excluding hydrogens is 426 g/mol. The first-order chi connectivity index (χ1) is 15.6. The van der Waals surface area contributed by atoms with E-state index in [0.717, 1.165) is 23.5 Å². The first-order valence-corrected chi connectivity index (χ1v) is 10.4. The van der Waals surface area contributed by atoms with Crippen molar-refractivity contribution < 1.29 is 9.53 Å². The van der Waals surface area contributed by atoms with E-state index in [0.29, 0.717) is 28.0 Å². The van der Waals surface area contributed by atoms with Crippen molar-refractivity contribution in [1.82, 2.24) is 15.0 Å². The predicted octanol–water partition coefficient (Wildman–Crippen LogP) is 6.19. The molecule has 2 aromatic heterocycles. The van der Waals surface area contributed by atoms with Gasteiger partial charge in [-0.05, 0) is 66.7 Å². The number of pyridine rings is 1. The summed E-state index contributed by atoms with van der Waals surface area (Å²) in [6.07, 6.45) is 4.13. The number of benzene rings is 2. The molecule has 2 N–H and O–H groups in total. The van der Waals surface area contributed by atoms with Gasteiger partial charge in [-0.15, -0.1) is 0 Å². The molecule has 0 bridgehead atoms. The van der Waals surface area contributed by atoms with Crippen molar-refractivity contribution in [1.29, 1.82) is 0 Å². The summed E-state index contributed by atoms with van der Waals surface area (Å²) >= 11 is 5.86. The highest BCUT2D eigenvalue weighted by molar-refractivity contribution is 6.30. The van der Waals surface area contributed by atoms with Gasteiger partial charge in [-0.25, -0.2) is 19.7 Å². The lowest BCUT2D eigenvalue weighted by Gasteiger charge is -2.11. The number of carbonyl (C=O) groups is 1. The summed E-state index contributed by atoms with van der Waals surface area (Å²) in [5.74, 6) is 1.78. The fraction of sp³-hybridized carbons (Fsp3) is 0.0833. The van der Waals surface area contributed by atoms with E-state index in [1.807, 2.05) is 25.1 Å². The second kappa shape index (κ2) is 9.89.